The van der Waals surface area contributed by atoms with Crippen molar-refractivity contribution in [1.82, 2.24) is 9.88 Å². The Morgan fingerprint density at radius 3 is 2.31 bits per heavy atom. The Morgan fingerprint density at radius 2 is 1.72 bits per heavy atom. The van der Waals surface area contributed by atoms with Crippen molar-refractivity contribution < 1.29 is 47.6 Å². The summed E-state index contributed by atoms with van der Waals surface area (Å²) in [4.78, 5) is 48.7. The summed E-state index contributed by atoms with van der Waals surface area (Å²) >= 11 is 0. The van der Waals surface area contributed by atoms with Crippen LogP contribution in [-0.2, 0) is 51.2 Å². The first-order valence-corrected chi connectivity index (χ1v) is 12.7. The number of alkyl carbamates (subject to hydrolysis) is 1. The summed E-state index contributed by atoms with van der Waals surface area (Å²) in [6.07, 6.45) is -1.54. The monoisotopic (exact) mass is 546 g/mol. The van der Waals surface area contributed by atoms with Crippen molar-refractivity contribution in [2.24, 2.45) is 0 Å². The predicted octanol–water partition coefficient (Wildman–Crippen LogP) is 3.58. The second-order valence-electron chi connectivity index (χ2n) is 10.5. The van der Waals surface area contributed by atoms with E-state index in [4.69, 9.17) is 28.4 Å². The summed E-state index contributed by atoms with van der Waals surface area (Å²) in [5.74, 6) is -1.43. The van der Waals surface area contributed by atoms with Gasteiger partial charge in [-0.1, -0.05) is 0 Å². The smallest absolute Gasteiger partial charge is 0.408 e. The number of fused-ring (bicyclic) bond motifs is 3. The van der Waals surface area contributed by atoms with Crippen LogP contribution in [0.1, 0.15) is 77.2 Å². The van der Waals surface area contributed by atoms with E-state index in [2.05, 4.69) is 5.32 Å². The van der Waals surface area contributed by atoms with Crippen LogP contribution in [0.2, 0.25) is 0 Å². The third kappa shape index (κ3) is 6.51. The van der Waals surface area contributed by atoms with Gasteiger partial charge in [0.25, 0.3) is 0 Å². The Hall–Kier alpha value is -3.64. The first-order valence-electron chi connectivity index (χ1n) is 12.7. The molecular formula is C27H34N2O10. The molecule has 212 valence electrons. The Kier molecular flexibility index (Phi) is 8.17. The normalized spacial score (nSPS) is 19.3. The third-order valence-electron chi connectivity index (χ3n) is 6.08. The van der Waals surface area contributed by atoms with Crippen LogP contribution in [0.15, 0.2) is 12.1 Å². The van der Waals surface area contributed by atoms with Gasteiger partial charge in [-0.2, -0.15) is 0 Å². The third-order valence-corrected chi connectivity index (χ3v) is 6.08. The zero-order valence-electron chi connectivity index (χ0n) is 23.0. The molecule has 39 heavy (non-hydrogen) atoms. The first kappa shape index (κ1) is 28.4. The van der Waals surface area contributed by atoms with Gasteiger partial charge in [-0.15, -0.1) is 0 Å². The molecule has 2 aliphatic rings. The SMILES string of the molecule is CC(=O)OCc1c2n(c3cc(C4OCCCO4)cc(OC(C)=O)c13)C[C@H](NC(=O)OC(C)(C)C)[C@@H]2OC(C)=O. The number of benzene rings is 1. The summed E-state index contributed by atoms with van der Waals surface area (Å²) in [5.41, 5.74) is 1.46. The van der Waals surface area contributed by atoms with Gasteiger partial charge in [-0.05, 0) is 39.3 Å². The van der Waals surface area contributed by atoms with Crippen molar-refractivity contribution in [2.75, 3.05) is 13.2 Å². The minimum atomic E-state index is -0.941. The quantitative estimate of drug-likeness (QED) is 0.325. The highest BCUT2D eigenvalue weighted by Crippen LogP contribution is 2.45. The van der Waals surface area contributed by atoms with Gasteiger partial charge in [0.2, 0.25) is 0 Å². The molecule has 0 bridgehead atoms. The van der Waals surface area contributed by atoms with Crippen LogP contribution >= 0.6 is 0 Å². The van der Waals surface area contributed by atoms with Gasteiger partial charge >= 0.3 is 24.0 Å². The van der Waals surface area contributed by atoms with Crippen molar-refractivity contribution in [3.05, 3.63) is 29.0 Å². The lowest BCUT2D eigenvalue weighted by Gasteiger charge is -2.25. The number of amides is 1. The molecule has 1 N–H and O–H groups in total. The molecule has 1 aromatic heterocycles. The number of carbonyl (C=O) groups excluding carboxylic acids is 4. The molecule has 1 aromatic carbocycles. The molecule has 0 saturated carbocycles. The van der Waals surface area contributed by atoms with E-state index < -0.39 is 48.0 Å². The zero-order chi connectivity index (χ0) is 28.5. The van der Waals surface area contributed by atoms with Crippen LogP contribution in [0, 0.1) is 0 Å². The summed E-state index contributed by atoms with van der Waals surface area (Å²) < 4.78 is 35.5. The molecular weight excluding hydrogens is 512 g/mol. The summed E-state index contributed by atoms with van der Waals surface area (Å²) in [6, 6.07) is 2.80. The molecule has 0 unspecified atom stereocenters. The molecule has 1 fully saturated rings. The van der Waals surface area contributed by atoms with Gasteiger partial charge in [0.1, 0.15) is 18.0 Å². The number of nitrogens with zero attached hydrogens (tertiary/aromatic N) is 1. The number of rotatable bonds is 6. The minimum Gasteiger partial charge on any atom is -0.461 e. The Labute approximate surface area is 225 Å². The average Bonchev–Trinajstić information content (AvgIpc) is 3.31. The number of carbonyl (C=O) groups is 4. The Morgan fingerprint density at radius 1 is 1.03 bits per heavy atom. The minimum absolute atomic E-state index is 0.185. The van der Waals surface area contributed by atoms with E-state index in [1.165, 1.54) is 20.8 Å². The highest BCUT2D eigenvalue weighted by molar-refractivity contribution is 5.94. The number of ether oxygens (including phenoxy) is 6. The lowest BCUT2D eigenvalue weighted by molar-refractivity contribution is -0.183. The van der Waals surface area contributed by atoms with Crippen LogP contribution in [0.4, 0.5) is 4.79 Å². The van der Waals surface area contributed by atoms with Crippen molar-refractivity contribution in [1.29, 1.82) is 0 Å². The maximum Gasteiger partial charge on any atom is 0.408 e. The van der Waals surface area contributed by atoms with Gasteiger partial charge in [-0.25, -0.2) is 4.79 Å². The fourth-order valence-corrected chi connectivity index (χ4v) is 4.83. The molecule has 1 saturated heterocycles. The first-order chi connectivity index (χ1) is 18.3. The van der Waals surface area contributed by atoms with Crippen molar-refractivity contribution >= 4 is 34.9 Å². The van der Waals surface area contributed by atoms with Crippen LogP contribution in [0.5, 0.6) is 5.75 Å². The lowest BCUT2D eigenvalue weighted by atomic mass is 10.0. The topological polar surface area (TPSA) is 141 Å². The molecule has 3 heterocycles. The molecule has 2 aromatic rings. The van der Waals surface area contributed by atoms with E-state index >= 15 is 0 Å². The van der Waals surface area contributed by atoms with Gasteiger partial charge in [0, 0.05) is 43.8 Å². The molecule has 12 heteroatoms. The summed E-state index contributed by atoms with van der Waals surface area (Å²) in [6.45, 7) is 10.1. The highest BCUT2D eigenvalue weighted by Gasteiger charge is 2.42. The summed E-state index contributed by atoms with van der Waals surface area (Å²) in [7, 11) is 0. The highest BCUT2D eigenvalue weighted by atomic mass is 16.7. The molecule has 0 radical (unpaired) electrons. The van der Waals surface area contributed by atoms with Gasteiger partial charge < -0.3 is 38.3 Å². The average molecular weight is 547 g/mol. The number of aromatic nitrogens is 1. The Bertz CT molecular complexity index is 1290. The summed E-state index contributed by atoms with van der Waals surface area (Å²) in [5, 5.41) is 3.31. The van der Waals surface area contributed by atoms with E-state index in [0.717, 1.165) is 6.42 Å². The van der Waals surface area contributed by atoms with Crippen LogP contribution in [0.25, 0.3) is 10.9 Å². The number of nitrogens with one attached hydrogen (secondary N) is 1. The van der Waals surface area contributed by atoms with Gasteiger partial charge in [0.15, 0.2) is 12.4 Å². The van der Waals surface area contributed by atoms with Crippen molar-refractivity contribution in [3.8, 4) is 5.75 Å². The maximum absolute atomic E-state index is 12.7. The second kappa shape index (κ2) is 11.2. The molecule has 12 nitrogen and oxygen atoms in total. The maximum atomic E-state index is 12.7. The van der Waals surface area contributed by atoms with E-state index in [9.17, 15) is 19.2 Å². The van der Waals surface area contributed by atoms with Crippen molar-refractivity contribution in [3.63, 3.8) is 0 Å². The largest absolute Gasteiger partial charge is 0.461 e. The number of hydrogen-bond acceptors (Lipinski definition) is 10. The molecule has 2 aliphatic heterocycles. The van der Waals surface area contributed by atoms with Crippen LogP contribution < -0.4 is 10.1 Å². The number of hydrogen-bond donors (Lipinski definition) is 1. The lowest BCUT2D eigenvalue weighted by Crippen LogP contribution is -2.42. The van der Waals surface area contributed by atoms with Gasteiger partial charge in [-0.3, -0.25) is 14.4 Å². The van der Waals surface area contributed by atoms with Gasteiger partial charge in [0.05, 0.1) is 30.5 Å². The fraction of sp³-hybridized carbons (Fsp3) is 0.556. The fourth-order valence-electron chi connectivity index (χ4n) is 4.83. The molecule has 1 amide bonds. The molecule has 0 spiro atoms. The van der Waals surface area contributed by atoms with E-state index in [1.807, 2.05) is 10.6 Å². The molecule has 4 rings (SSSR count). The van der Waals surface area contributed by atoms with E-state index in [1.54, 1.807) is 26.8 Å². The van der Waals surface area contributed by atoms with E-state index in [-0.39, 0.29) is 18.9 Å². The molecule has 2 atom stereocenters. The number of esters is 3. The standard InChI is InChI=1S/C27H34N2O10/c1-14(30)36-13-18-22-20(10-17(11-21(22)37-15(2)31)25-34-8-7-9-35-25)29-12-19(24(23(18)29)38-16(3)32)28-26(33)39-27(4,5)6/h10-11,19,24-25H,7-9,12-13H2,1-6H3,(H,28,33)/t19-,24-/m0/s1. The van der Waals surface area contributed by atoms with Crippen molar-refractivity contribution in [2.45, 2.75) is 85.2 Å². The predicted molar refractivity (Wildman–Crippen MR) is 136 cm³/mol. The van der Waals surface area contributed by atoms with E-state index in [0.29, 0.717) is 40.9 Å². The molecule has 0 aliphatic carbocycles. The van der Waals surface area contributed by atoms with Crippen LogP contribution in [-0.4, -0.2) is 53.4 Å². The Balaban J connectivity index is 1.88. The zero-order valence-corrected chi connectivity index (χ0v) is 23.0. The second-order valence-corrected chi connectivity index (χ2v) is 10.5. The van der Waals surface area contributed by atoms with Crippen LogP contribution in [0.3, 0.4) is 0 Å².